The lowest BCUT2D eigenvalue weighted by Gasteiger charge is -2.28. The van der Waals surface area contributed by atoms with E-state index in [2.05, 4.69) is 5.32 Å². The molecular weight excluding hydrogens is 226 g/mol. The molecule has 1 heterocycles. The maximum absolute atomic E-state index is 11.6. The Morgan fingerprint density at radius 1 is 1.33 bits per heavy atom. The van der Waals surface area contributed by atoms with Crippen LogP contribution in [0.15, 0.2) is 30.3 Å². The van der Waals surface area contributed by atoms with E-state index in [0.717, 1.165) is 5.56 Å². The van der Waals surface area contributed by atoms with Crippen LogP contribution in [0, 0.1) is 5.92 Å². The molecule has 0 unspecified atom stereocenters. The van der Waals surface area contributed by atoms with Gasteiger partial charge < -0.3 is 5.32 Å². The fraction of sp³-hybridized carbons (Fsp3) is 0.273. The van der Waals surface area contributed by atoms with Crippen LogP contribution in [0.4, 0.5) is 0 Å². The van der Waals surface area contributed by atoms with E-state index in [9.17, 15) is 4.79 Å². The van der Waals surface area contributed by atoms with Crippen LogP contribution in [0.2, 0.25) is 0 Å². The van der Waals surface area contributed by atoms with Crippen molar-refractivity contribution < 1.29 is 4.79 Å². The monoisotopic (exact) mass is 237 g/mol. The quantitative estimate of drug-likeness (QED) is 0.761. The topological polar surface area (TPSA) is 29.1 Å². The van der Waals surface area contributed by atoms with Gasteiger partial charge in [0.1, 0.15) is 4.32 Å². The standard InChI is InChI=1S/C11H11NOS2/c1-7-9(8-5-3-2-4-6-8)15-11(14)12-10(7)13/h2-7,9H,1H3,(H,12,13,14)/t7-,9-/m1/s1. The maximum atomic E-state index is 11.6. The molecule has 15 heavy (non-hydrogen) atoms. The molecule has 0 radical (unpaired) electrons. The molecule has 0 bridgehead atoms. The number of benzene rings is 1. The number of rotatable bonds is 1. The summed E-state index contributed by atoms with van der Waals surface area (Å²) in [6.07, 6.45) is 0. The summed E-state index contributed by atoms with van der Waals surface area (Å²) in [5, 5.41) is 2.83. The zero-order chi connectivity index (χ0) is 10.8. The summed E-state index contributed by atoms with van der Waals surface area (Å²) in [4.78, 5) is 11.6. The first-order valence-electron chi connectivity index (χ1n) is 4.75. The number of carbonyl (C=O) groups excluding carboxylic acids is 1. The minimum Gasteiger partial charge on any atom is -0.311 e. The molecule has 2 nitrogen and oxygen atoms in total. The van der Waals surface area contributed by atoms with Gasteiger partial charge in [0, 0.05) is 5.25 Å². The number of amides is 1. The Morgan fingerprint density at radius 3 is 2.67 bits per heavy atom. The predicted octanol–water partition coefficient (Wildman–Crippen LogP) is 2.51. The summed E-state index contributed by atoms with van der Waals surface area (Å²) in [7, 11) is 0. The van der Waals surface area contributed by atoms with Crippen LogP contribution >= 0.6 is 24.0 Å². The molecule has 1 aromatic rings. The molecule has 4 heteroatoms. The highest BCUT2D eigenvalue weighted by Gasteiger charge is 2.32. The summed E-state index contributed by atoms with van der Waals surface area (Å²) < 4.78 is 0.576. The molecule has 1 aromatic carbocycles. The van der Waals surface area contributed by atoms with Crippen molar-refractivity contribution in [3.05, 3.63) is 35.9 Å². The van der Waals surface area contributed by atoms with Gasteiger partial charge in [0.05, 0.1) is 5.92 Å². The van der Waals surface area contributed by atoms with Crippen molar-refractivity contribution in [3.63, 3.8) is 0 Å². The molecule has 1 saturated heterocycles. The third-order valence-electron chi connectivity index (χ3n) is 2.46. The lowest BCUT2D eigenvalue weighted by Crippen LogP contribution is -2.39. The van der Waals surface area contributed by atoms with Crippen molar-refractivity contribution in [2.75, 3.05) is 0 Å². The molecule has 0 saturated carbocycles. The van der Waals surface area contributed by atoms with Gasteiger partial charge in [0.2, 0.25) is 5.91 Å². The molecule has 0 spiro atoms. The predicted molar refractivity (Wildman–Crippen MR) is 66.7 cm³/mol. The number of thiocarbonyl (C=S) groups is 1. The average Bonchev–Trinajstić information content (AvgIpc) is 2.24. The summed E-state index contributed by atoms with van der Waals surface area (Å²) >= 11 is 6.59. The zero-order valence-electron chi connectivity index (χ0n) is 8.27. The number of nitrogens with one attached hydrogen (secondary N) is 1. The van der Waals surface area contributed by atoms with Crippen molar-refractivity contribution >= 4 is 34.2 Å². The minimum absolute atomic E-state index is 0.0209. The summed E-state index contributed by atoms with van der Waals surface area (Å²) in [5.41, 5.74) is 1.16. The zero-order valence-corrected chi connectivity index (χ0v) is 9.90. The van der Waals surface area contributed by atoms with E-state index < -0.39 is 0 Å². The Balaban J connectivity index is 2.28. The highest BCUT2D eigenvalue weighted by Crippen LogP contribution is 2.39. The molecule has 1 fully saturated rings. The summed E-state index contributed by atoms with van der Waals surface area (Å²) in [6, 6.07) is 10.0. The largest absolute Gasteiger partial charge is 0.311 e. The molecule has 2 rings (SSSR count). The van der Waals surface area contributed by atoms with Crippen molar-refractivity contribution in [1.29, 1.82) is 0 Å². The third-order valence-corrected chi connectivity index (χ3v) is 4.10. The summed E-state index contributed by atoms with van der Waals surface area (Å²) in [5.74, 6) is -0.0169. The van der Waals surface area contributed by atoms with Crippen LogP contribution in [-0.2, 0) is 4.79 Å². The van der Waals surface area contributed by atoms with E-state index in [4.69, 9.17) is 12.2 Å². The number of hydrogen-bond acceptors (Lipinski definition) is 3. The summed E-state index contributed by atoms with van der Waals surface area (Å²) in [6.45, 7) is 1.93. The molecule has 0 aromatic heterocycles. The van der Waals surface area contributed by atoms with Gasteiger partial charge in [-0.15, -0.1) is 0 Å². The molecule has 78 valence electrons. The molecule has 2 atom stereocenters. The van der Waals surface area contributed by atoms with Crippen LogP contribution in [0.5, 0.6) is 0 Å². The lowest BCUT2D eigenvalue weighted by atomic mass is 9.99. The van der Waals surface area contributed by atoms with Crippen molar-refractivity contribution in [2.24, 2.45) is 5.92 Å². The Morgan fingerprint density at radius 2 is 2.00 bits per heavy atom. The molecule has 1 aliphatic heterocycles. The van der Waals surface area contributed by atoms with Crippen molar-refractivity contribution in [1.82, 2.24) is 5.32 Å². The number of hydrogen-bond donors (Lipinski definition) is 1. The van der Waals surface area contributed by atoms with Gasteiger partial charge in [-0.2, -0.15) is 0 Å². The highest BCUT2D eigenvalue weighted by atomic mass is 32.2. The Labute approximate surface area is 98.4 Å². The van der Waals surface area contributed by atoms with Gasteiger partial charge in [0.25, 0.3) is 0 Å². The second-order valence-corrected chi connectivity index (χ2v) is 5.33. The van der Waals surface area contributed by atoms with Crippen LogP contribution in [0.25, 0.3) is 0 Å². The number of thioether (sulfide) groups is 1. The second-order valence-electron chi connectivity index (χ2n) is 3.51. The van der Waals surface area contributed by atoms with E-state index in [0.29, 0.717) is 4.32 Å². The smallest absolute Gasteiger partial charge is 0.229 e. The molecule has 1 N–H and O–H groups in total. The third kappa shape index (κ3) is 2.21. The molecule has 1 amide bonds. The first kappa shape index (κ1) is 10.6. The average molecular weight is 237 g/mol. The fourth-order valence-electron chi connectivity index (χ4n) is 1.60. The van der Waals surface area contributed by atoms with E-state index in [1.165, 1.54) is 0 Å². The van der Waals surface area contributed by atoms with Crippen LogP contribution in [0.1, 0.15) is 17.7 Å². The van der Waals surface area contributed by atoms with E-state index in [1.54, 1.807) is 11.8 Å². The molecule has 1 aliphatic rings. The Kier molecular flexibility index (Phi) is 3.07. The van der Waals surface area contributed by atoms with Gasteiger partial charge in [-0.1, -0.05) is 61.2 Å². The van der Waals surface area contributed by atoms with Crippen molar-refractivity contribution in [3.8, 4) is 0 Å². The molecular formula is C11H11NOS2. The Bertz CT molecular complexity index is 391. The van der Waals surface area contributed by atoms with E-state index in [-0.39, 0.29) is 17.1 Å². The first-order chi connectivity index (χ1) is 7.18. The second kappa shape index (κ2) is 4.33. The van der Waals surface area contributed by atoms with Gasteiger partial charge >= 0.3 is 0 Å². The van der Waals surface area contributed by atoms with Gasteiger partial charge in [-0.3, -0.25) is 4.79 Å². The number of carbonyl (C=O) groups is 1. The van der Waals surface area contributed by atoms with Crippen LogP contribution in [-0.4, -0.2) is 10.2 Å². The first-order valence-corrected chi connectivity index (χ1v) is 6.03. The highest BCUT2D eigenvalue weighted by molar-refractivity contribution is 8.23. The molecule has 0 aliphatic carbocycles. The van der Waals surface area contributed by atoms with Crippen molar-refractivity contribution in [2.45, 2.75) is 12.2 Å². The van der Waals surface area contributed by atoms with Gasteiger partial charge in [0.15, 0.2) is 0 Å². The maximum Gasteiger partial charge on any atom is 0.229 e. The van der Waals surface area contributed by atoms with Crippen LogP contribution in [0.3, 0.4) is 0 Å². The van der Waals surface area contributed by atoms with Gasteiger partial charge in [-0.25, -0.2) is 0 Å². The minimum atomic E-state index is -0.0379. The normalized spacial score (nSPS) is 26.2. The van der Waals surface area contributed by atoms with E-state index >= 15 is 0 Å². The van der Waals surface area contributed by atoms with Crippen LogP contribution < -0.4 is 5.32 Å². The fourth-order valence-corrected chi connectivity index (χ4v) is 3.02. The van der Waals surface area contributed by atoms with E-state index in [1.807, 2.05) is 37.3 Å². The Hall–Kier alpha value is -0.870. The van der Waals surface area contributed by atoms with Gasteiger partial charge in [-0.05, 0) is 5.56 Å². The SMILES string of the molecule is C[C@H]1C(=O)NC(=S)S[C@H]1c1ccccc1. The lowest BCUT2D eigenvalue weighted by molar-refractivity contribution is -0.123.